The van der Waals surface area contributed by atoms with Crippen molar-refractivity contribution in [1.29, 1.82) is 0 Å². The van der Waals surface area contributed by atoms with Gasteiger partial charge in [-0.05, 0) is 24.6 Å². The number of aromatic nitrogens is 2. The molecule has 0 radical (unpaired) electrons. The summed E-state index contributed by atoms with van der Waals surface area (Å²) in [7, 11) is 0. The van der Waals surface area contributed by atoms with Gasteiger partial charge in [0.2, 0.25) is 5.91 Å². The molecule has 1 aromatic heterocycles. The van der Waals surface area contributed by atoms with Crippen molar-refractivity contribution >= 4 is 32.7 Å². The summed E-state index contributed by atoms with van der Waals surface area (Å²) < 4.78 is 2.20. The fraction of sp³-hybridized carbons (Fsp3) is 0.357. The first-order chi connectivity index (χ1) is 9.61. The summed E-state index contributed by atoms with van der Waals surface area (Å²) in [6.45, 7) is 2.70. The van der Waals surface area contributed by atoms with Crippen LogP contribution in [0.25, 0.3) is 10.9 Å². The molecule has 2 rings (SSSR count). The first kappa shape index (κ1) is 14.7. The molecule has 0 unspecified atom stereocenters. The molecule has 0 bridgehead atoms. The number of hydrogen-bond acceptors (Lipinski definition) is 3. The van der Waals surface area contributed by atoms with Crippen LogP contribution < -0.4 is 10.9 Å². The van der Waals surface area contributed by atoms with Gasteiger partial charge in [0.25, 0.3) is 5.56 Å². The van der Waals surface area contributed by atoms with Gasteiger partial charge in [0.15, 0.2) is 0 Å². The lowest BCUT2D eigenvalue weighted by Crippen LogP contribution is -2.32. The molecule has 0 atom stereocenters. The summed E-state index contributed by atoms with van der Waals surface area (Å²) in [5, 5.41) is 3.29. The van der Waals surface area contributed by atoms with Crippen molar-refractivity contribution in [1.82, 2.24) is 14.9 Å². The number of hydrogen-bond donors (Lipinski definition) is 1. The van der Waals surface area contributed by atoms with Gasteiger partial charge in [-0.1, -0.05) is 29.3 Å². The molecule has 5 nitrogen and oxygen atoms in total. The van der Waals surface area contributed by atoms with Gasteiger partial charge >= 0.3 is 0 Å². The van der Waals surface area contributed by atoms with E-state index in [1.54, 1.807) is 18.2 Å². The van der Waals surface area contributed by atoms with Gasteiger partial charge in [0, 0.05) is 11.0 Å². The Hall–Kier alpha value is -1.69. The van der Waals surface area contributed by atoms with Crippen molar-refractivity contribution in [2.24, 2.45) is 0 Å². The average Bonchev–Trinajstić information content (AvgIpc) is 2.42. The topological polar surface area (TPSA) is 64.0 Å². The monoisotopic (exact) mass is 337 g/mol. The molecule has 0 saturated carbocycles. The van der Waals surface area contributed by atoms with Crippen molar-refractivity contribution in [3.8, 4) is 0 Å². The molecule has 0 saturated heterocycles. The minimum atomic E-state index is -0.201. The van der Waals surface area contributed by atoms with Crippen LogP contribution in [0.15, 0.2) is 33.8 Å². The average molecular weight is 338 g/mol. The first-order valence-corrected chi connectivity index (χ1v) is 7.32. The molecular weight excluding hydrogens is 322 g/mol. The van der Waals surface area contributed by atoms with Crippen LogP contribution in [0.5, 0.6) is 0 Å². The second-order valence-electron chi connectivity index (χ2n) is 4.54. The van der Waals surface area contributed by atoms with E-state index in [2.05, 4.69) is 33.2 Å². The number of fused-ring (bicyclic) bond motifs is 1. The van der Waals surface area contributed by atoms with Gasteiger partial charge in [-0.3, -0.25) is 14.2 Å². The molecule has 106 valence electrons. The van der Waals surface area contributed by atoms with E-state index in [0.29, 0.717) is 17.4 Å². The van der Waals surface area contributed by atoms with Crippen LogP contribution in [-0.2, 0) is 11.3 Å². The molecule has 1 aromatic carbocycles. The maximum atomic E-state index is 12.2. The highest BCUT2D eigenvalue weighted by molar-refractivity contribution is 9.10. The van der Waals surface area contributed by atoms with Crippen LogP contribution in [0.2, 0.25) is 0 Å². The number of nitrogens with zero attached hydrogens (tertiary/aromatic N) is 2. The van der Waals surface area contributed by atoms with E-state index in [-0.39, 0.29) is 18.0 Å². The molecular formula is C14H16BrN3O2. The molecule has 1 heterocycles. The van der Waals surface area contributed by atoms with E-state index in [1.807, 2.05) is 0 Å². The Morgan fingerprint density at radius 2 is 2.25 bits per heavy atom. The summed E-state index contributed by atoms with van der Waals surface area (Å²) in [5.74, 6) is -0.168. The Balaban J connectivity index is 2.19. The zero-order chi connectivity index (χ0) is 14.5. The zero-order valence-electron chi connectivity index (χ0n) is 11.2. The Morgan fingerprint density at radius 1 is 1.45 bits per heavy atom. The fourth-order valence-electron chi connectivity index (χ4n) is 1.86. The van der Waals surface area contributed by atoms with Crippen molar-refractivity contribution in [3.63, 3.8) is 0 Å². The van der Waals surface area contributed by atoms with Crippen LogP contribution in [0, 0.1) is 0 Å². The first-order valence-electron chi connectivity index (χ1n) is 6.53. The molecule has 0 aliphatic carbocycles. The number of benzene rings is 1. The molecule has 0 spiro atoms. The van der Waals surface area contributed by atoms with Gasteiger partial charge in [-0.2, -0.15) is 0 Å². The normalized spacial score (nSPS) is 10.7. The van der Waals surface area contributed by atoms with Gasteiger partial charge in [0.1, 0.15) is 6.54 Å². The highest BCUT2D eigenvalue weighted by Gasteiger charge is 2.07. The summed E-state index contributed by atoms with van der Waals surface area (Å²) in [6.07, 6.45) is 3.37. The maximum absolute atomic E-state index is 12.2. The van der Waals surface area contributed by atoms with Gasteiger partial charge in [-0.25, -0.2) is 4.98 Å². The smallest absolute Gasteiger partial charge is 0.261 e. The maximum Gasteiger partial charge on any atom is 0.261 e. The molecule has 0 aliphatic rings. The Bertz CT molecular complexity index is 682. The Morgan fingerprint density at radius 3 is 3.00 bits per heavy atom. The van der Waals surface area contributed by atoms with Crippen molar-refractivity contribution < 1.29 is 4.79 Å². The van der Waals surface area contributed by atoms with Gasteiger partial charge < -0.3 is 5.32 Å². The summed E-state index contributed by atoms with van der Waals surface area (Å²) in [5.41, 5.74) is 0.417. The summed E-state index contributed by atoms with van der Waals surface area (Å²) in [6, 6.07) is 5.28. The molecule has 6 heteroatoms. The van der Waals surface area contributed by atoms with E-state index in [9.17, 15) is 9.59 Å². The number of halogens is 1. The highest BCUT2D eigenvalue weighted by atomic mass is 79.9. The third-order valence-electron chi connectivity index (χ3n) is 2.95. The van der Waals surface area contributed by atoms with Crippen LogP contribution in [0.4, 0.5) is 0 Å². The van der Waals surface area contributed by atoms with E-state index in [4.69, 9.17) is 0 Å². The van der Waals surface area contributed by atoms with Crippen LogP contribution >= 0.6 is 15.9 Å². The third-order valence-corrected chi connectivity index (χ3v) is 3.45. The fourth-order valence-corrected chi connectivity index (χ4v) is 2.21. The van der Waals surface area contributed by atoms with Crippen molar-refractivity contribution in [2.75, 3.05) is 6.54 Å². The lowest BCUT2D eigenvalue weighted by molar-refractivity contribution is -0.121. The lowest BCUT2D eigenvalue weighted by Gasteiger charge is -2.07. The summed E-state index contributed by atoms with van der Waals surface area (Å²) in [4.78, 5) is 28.2. The molecule has 20 heavy (non-hydrogen) atoms. The van der Waals surface area contributed by atoms with Crippen molar-refractivity contribution in [3.05, 3.63) is 39.4 Å². The molecule has 0 aliphatic heterocycles. The van der Waals surface area contributed by atoms with Crippen molar-refractivity contribution in [2.45, 2.75) is 26.3 Å². The Labute approximate surface area is 125 Å². The van der Waals surface area contributed by atoms with E-state index in [1.165, 1.54) is 10.9 Å². The van der Waals surface area contributed by atoms with Crippen LogP contribution in [-0.4, -0.2) is 22.0 Å². The van der Waals surface area contributed by atoms with Gasteiger partial charge in [-0.15, -0.1) is 0 Å². The predicted octanol–water partition coefficient (Wildman–Crippen LogP) is 2.08. The zero-order valence-corrected chi connectivity index (χ0v) is 12.8. The second kappa shape index (κ2) is 6.65. The van der Waals surface area contributed by atoms with E-state index in [0.717, 1.165) is 17.3 Å². The quantitative estimate of drug-likeness (QED) is 0.849. The van der Waals surface area contributed by atoms with Crippen LogP contribution in [0.3, 0.4) is 0 Å². The molecule has 1 amide bonds. The largest absolute Gasteiger partial charge is 0.355 e. The Kier molecular flexibility index (Phi) is 4.89. The summed E-state index contributed by atoms with van der Waals surface area (Å²) >= 11 is 3.34. The highest BCUT2D eigenvalue weighted by Crippen LogP contribution is 2.14. The third kappa shape index (κ3) is 3.45. The standard InChI is InChI=1S/C14H16BrN3O2/c1-2-3-6-16-13(19)8-18-9-17-12-7-10(15)4-5-11(12)14(18)20/h4-5,7,9H,2-3,6,8H2,1H3,(H,16,19). The molecule has 2 aromatic rings. The predicted molar refractivity (Wildman–Crippen MR) is 81.6 cm³/mol. The second-order valence-corrected chi connectivity index (χ2v) is 5.46. The minimum absolute atomic E-state index is 0.00154. The van der Waals surface area contributed by atoms with E-state index < -0.39 is 0 Å². The number of rotatable bonds is 5. The molecule has 1 N–H and O–H groups in total. The minimum Gasteiger partial charge on any atom is -0.355 e. The number of amides is 1. The number of unbranched alkanes of at least 4 members (excludes halogenated alkanes) is 1. The SMILES string of the molecule is CCCCNC(=O)Cn1cnc2cc(Br)ccc2c1=O. The number of carbonyl (C=O) groups is 1. The number of carbonyl (C=O) groups excluding carboxylic acids is 1. The van der Waals surface area contributed by atoms with E-state index >= 15 is 0 Å². The van der Waals surface area contributed by atoms with Crippen LogP contribution in [0.1, 0.15) is 19.8 Å². The number of nitrogens with one attached hydrogen (secondary N) is 1. The molecule has 0 fully saturated rings. The van der Waals surface area contributed by atoms with Gasteiger partial charge in [0.05, 0.1) is 17.2 Å². The lowest BCUT2D eigenvalue weighted by atomic mass is 10.2.